The Balaban J connectivity index is 1.88. The summed E-state index contributed by atoms with van der Waals surface area (Å²) in [5.74, 6) is 0.514. The molecular formula is C13H18N2O3. The molecule has 0 aromatic carbocycles. The molecule has 1 aromatic heterocycles. The predicted octanol–water partition coefficient (Wildman–Crippen LogP) is 1.74. The lowest BCUT2D eigenvalue weighted by Crippen LogP contribution is -2.24. The molecule has 0 spiro atoms. The molecule has 2 aliphatic rings. The number of carbonyl (C=O) groups is 1. The average Bonchev–Trinajstić information content (AvgIpc) is 2.83. The van der Waals surface area contributed by atoms with Crippen LogP contribution in [0.2, 0.25) is 0 Å². The van der Waals surface area contributed by atoms with Gasteiger partial charge in [-0.1, -0.05) is 0 Å². The zero-order chi connectivity index (χ0) is 12.5. The number of aromatic nitrogens is 2. The summed E-state index contributed by atoms with van der Waals surface area (Å²) in [6, 6.07) is -0.431. The molecule has 0 amide bonds. The second kappa shape index (κ2) is 4.72. The first-order valence-electron chi connectivity index (χ1n) is 6.64. The van der Waals surface area contributed by atoms with E-state index in [9.17, 15) is 9.90 Å². The maximum atomic E-state index is 11.2. The molecule has 5 nitrogen and oxygen atoms in total. The molecule has 0 radical (unpaired) electrons. The number of ether oxygens (including phenoxy) is 1. The van der Waals surface area contributed by atoms with E-state index in [1.807, 2.05) is 10.8 Å². The van der Waals surface area contributed by atoms with Gasteiger partial charge in [0.1, 0.15) is 11.9 Å². The van der Waals surface area contributed by atoms with Crippen LogP contribution < -0.4 is 0 Å². The van der Waals surface area contributed by atoms with Gasteiger partial charge in [-0.25, -0.2) is 9.78 Å². The van der Waals surface area contributed by atoms with E-state index in [0.29, 0.717) is 18.9 Å². The molecule has 3 rings (SSSR count). The number of carboxylic acid groups (broad SMARTS) is 1. The van der Waals surface area contributed by atoms with Gasteiger partial charge in [0.05, 0.1) is 12.3 Å². The third-order valence-corrected chi connectivity index (χ3v) is 3.90. The molecule has 3 heterocycles. The predicted molar refractivity (Wildman–Crippen MR) is 64.6 cm³/mol. The molecule has 1 N–H and O–H groups in total. The molecule has 2 atom stereocenters. The van der Waals surface area contributed by atoms with Crippen LogP contribution in [0, 0.1) is 0 Å². The summed E-state index contributed by atoms with van der Waals surface area (Å²) in [5, 5.41) is 9.23. The van der Waals surface area contributed by atoms with Crippen LogP contribution in [0.1, 0.15) is 49.2 Å². The topological polar surface area (TPSA) is 64.3 Å². The Hall–Kier alpha value is -1.36. The van der Waals surface area contributed by atoms with E-state index in [0.717, 1.165) is 43.8 Å². The van der Waals surface area contributed by atoms with E-state index < -0.39 is 12.0 Å². The summed E-state index contributed by atoms with van der Waals surface area (Å²) in [7, 11) is 0. The number of aliphatic carboxylic acids is 1. The number of hydrogen-bond acceptors (Lipinski definition) is 3. The molecule has 0 saturated carbocycles. The number of imidazole rings is 1. The molecule has 0 bridgehead atoms. The van der Waals surface area contributed by atoms with Gasteiger partial charge >= 0.3 is 5.97 Å². The second-order valence-electron chi connectivity index (χ2n) is 5.15. The van der Waals surface area contributed by atoms with E-state index >= 15 is 0 Å². The third kappa shape index (κ3) is 2.03. The molecule has 2 aliphatic heterocycles. The van der Waals surface area contributed by atoms with Gasteiger partial charge in [-0.3, -0.25) is 0 Å². The largest absolute Gasteiger partial charge is 0.480 e. The Morgan fingerprint density at radius 3 is 3.06 bits per heavy atom. The monoisotopic (exact) mass is 250 g/mol. The van der Waals surface area contributed by atoms with Gasteiger partial charge < -0.3 is 14.4 Å². The van der Waals surface area contributed by atoms with Crippen molar-refractivity contribution in [1.82, 2.24) is 9.55 Å². The fourth-order valence-corrected chi connectivity index (χ4v) is 2.91. The Labute approximate surface area is 106 Å². The van der Waals surface area contributed by atoms with Gasteiger partial charge in [0.15, 0.2) is 0 Å². The molecule has 1 fully saturated rings. The minimum absolute atomic E-state index is 0.339. The summed E-state index contributed by atoms with van der Waals surface area (Å²) in [4.78, 5) is 15.9. The zero-order valence-corrected chi connectivity index (χ0v) is 10.3. The first kappa shape index (κ1) is 11.7. The van der Waals surface area contributed by atoms with Crippen LogP contribution in [-0.4, -0.2) is 33.8 Å². The van der Waals surface area contributed by atoms with Crippen LogP contribution in [0.3, 0.4) is 0 Å². The number of nitrogens with zero attached hydrogens (tertiary/aromatic N) is 2. The normalized spacial score (nSPS) is 27.8. The van der Waals surface area contributed by atoms with Crippen molar-refractivity contribution in [1.29, 1.82) is 0 Å². The Kier molecular flexibility index (Phi) is 3.07. The molecule has 1 saturated heterocycles. The highest BCUT2D eigenvalue weighted by atomic mass is 16.5. The first-order chi connectivity index (χ1) is 8.75. The molecular weight excluding hydrogens is 232 g/mol. The lowest BCUT2D eigenvalue weighted by atomic mass is 9.99. The summed E-state index contributed by atoms with van der Waals surface area (Å²) >= 11 is 0. The van der Waals surface area contributed by atoms with Gasteiger partial charge in [-0.05, 0) is 25.7 Å². The van der Waals surface area contributed by atoms with E-state index in [1.54, 1.807) is 0 Å². The average molecular weight is 250 g/mol. The molecule has 2 unspecified atom stereocenters. The van der Waals surface area contributed by atoms with Crippen molar-refractivity contribution in [2.75, 3.05) is 13.2 Å². The summed E-state index contributed by atoms with van der Waals surface area (Å²) in [5.41, 5.74) is 1.01. The van der Waals surface area contributed by atoms with Crippen LogP contribution in [0.15, 0.2) is 6.20 Å². The maximum absolute atomic E-state index is 11.2. The number of fused-ring (bicyclic) bond motifs is 1. The molecule has 5 heteroatoms. The summed E-state index contributed by atoms with van der Waals surface area (Å²) in [6.07, 6.45) is 6.60. The smallest absolute Gasteiger partial charge is 0.326 e. The maximum Gasteiger partial charge on any atom is 0.326 e. The quantitative estimate of drug-likeness (QED) is 0.868. The van der Waals surface area contributed by atoms with E-state index in [2.05, 4.69) is 4.98 Å². The van der Waals surface area contributed by atoms with Gasteiger partial charge in [0.2, 0.25) is 0 Å². The second-order valence-corrected chi connectivity index (χ2v) is 5.15. The minimum Gasteiger partial charge on any atom is -0.480 e. The number of aryl methyl sites for hydroxylation is 1. The van der Waals surface area contributed by atoms with E-state index in [4.69, 9.17) is 4.74 Å². The molecule has 18 heavy (non-hydrogen) atoms. The molecule has 1 aromatic rings. The van der Waals surface area contributed by atoms with Gasteiger partial charge in [-0.15, -0.1) is 0 Å². The zero-order valence-electron chi connectivity index (χ0n) is 10.3. The first-order valence-corrected chi connectivity index (χ1v) is 6.64. The summed E-state index contributed by atoms with van der Waals surface area (Å²) in [6.45, 7) is 1.55. The summed E-state index contributed by atoms with van der Waals surface area (Å²) < 4.78 is 7.33. The van der Waals surface area contributed by atoms with Crippen LogP contribution in [-0.2, 0) is 16.0 Å². The Bertz CT molecular complexity index is 449. The van der Waals surface area contributed by atoms with Crippen molar-refractivity contribution in [3.8, 4) is 0 Å². The van der Waals surface area contributed by atoms with E-state index in [1.165, 1.54) is 0 Å². The van der Waals surface area contributed by atoms with Crippen molar-refractivity contribution >= 4 is 5.97 Å². The lowest BCUT2D eigenvalue weighted by molar-refractivity contribution is -0.141. The van der Waals surface area contributed by atoms with Crippen LogP contribution >= 0.6 is 0 Å². The molecule has 98 valence electrons. The number of hydrogen-bond donors (Lipinski definition) is 1. The van der Waals surface area contributed by atoms with Crippen molar-refractivity contribution in [3.05, 3.63) is 17.7 Å². The minimum atomic E-state index is -0.750. The fourth-order valence-electron chi connectivity index (χ4n) is 2.91. The SMILES string of the molecule is O=C(O)C1CCCc2nc(C3CCCOC3)cn21. The Morgan fingerprint density at radius 2 is 2.33 bits per heavy atom. The van der Waals surface area contributed by atoms with Crippen LogP contribution in [0.5, 0.6) is 0 Å². The van der Waals surface area contributed by atoms with E-state index in [-0.39, 0.29) is 0 Å². The van der Waals surface area contributed by atoms with Gasteiger partial charge in [-0.2, -0.15) is 0 Å². The van der Waals surface area contributed by atoms with Crippen molar-refractivity contribution in [2.45, 2.75) is 44.1 Å². The standard InChI is InChI=1S/C13H18N2O3/c16-13(17)11-4-1-5-12-14-10(7-15(11)12)9-3-2-6-18-8-9/h7,9,11H,1-6,8H2,(H,16,17). The lowest BCUT2D eigenvalue weighted by Gasteiger charge is -2.21. The van der Waals surface area contributed by atoms with Gasteiger partial charge in [0, 0.05) is 25.1 Å². The highest BCUT2D eigenvalue weighted by Gasteiger charge is 2.29. The number of carboxylic acids is 1. The van der Waals surface area contributed by atoms with Gasteiger partial charge in [0.25, 0.3) is 0 Å². The van der Waals surface area contributed by atoms with Crippen LogP contribution in [0.4, 0.5) is 0 Å². The highest BCUT2D eigenvalue weighted by molar-refractivity contribution is 5.72. The number of rotatable bonds is 2. The highest BCUT2D eigenvalue weighted by Crippen LogP contribution is 2.30. The fraction of sp³-hybridized carbons (Fsp3) is 0.692. The molecule has 0 aliphatic carbocycles. The van der Waals surface area contributed by atoms with Crippen molar-refractivity contribution in [3.63, 3.8) is 0 Å². The van der Waals surface area contributed by atoms with Crippen molar-refractivity contribution < 1.29 is 14.6 Å². The third-order valence-electron chi connectivity index (χ3n) is 3.90. The van der Waals surface area contributed by atoms with Crippen molar-refractivity contribution in [2.24, 2.45) is 0 Å². The van der Waals surface area contributed by atoms with Crippen LogP contribution in [0.25, 0.3) is 0 Å². The Morgan fingerprint density at radius 1 is 1.44 bits per heavy atom.